The fraction of sp³-hybridized carbons (Fsp3) is 0.706. The number of carbonyl (C=O) groups excluding carboxylic acids is 3. The summed E-state index contributed by atoms with van der Waals surface area (Å²) in [5, 5.41) is 25.1. The molecule has 13 heteroatoms. The second kappa shape index (κ2) is 14.1. The van der Waals surface area contributed by atoms with Gasteiger partial charge in [0.1, 0.15) is 18.1 Å². The highest BCUT2D eigenvalue weighted by Gasteiger charge is 2.30. The SMILES string of the molecule is CC(C)C[C@H](NC(=O)[C@H](CCC(=O)O)NC(=O)[C@H](N)CS)C(=O)N[C@H](CS)C(=O)O. The minimum absolute atomic E-state index is 0.0117. The summed E-state index contributed by atoms with van der Waals surface area (Å²) in [5.74, 6) is -4.83. The first-order chi connectivity index (χ1) is 13.9. The fourth-order valence-corrected chi connectivity index (χ4v) is 2.74. The number of hydrogen-bond donors (Lipinski definition) is 8. The quantitative estimate of drug-likeness (QED) is 0.144. The molecule has 0 aliphatic carbocycles. The average molecular weight is 467 g/mol. The molecule has 0 saturated heterocycles. The molecule has 30 heavy (non-hydrogen) atoms. The minimum Gasteiger partial charge on any atom is -0.481 e. The number of carboxylic acids is 2. The number of amides is 3. The van der Waals surface area contributed by atoms with E-state index in [-0.39, 0.29) is 30.3 Å². The van der Waals surface area contributed by atoms with E-state index in [1.165, 1.54) is 0 Å². The van der Waals surface area contributed by atoms with Crippen LogP contribution in [0.2, 0.25) is 0 Å². The van der Waals surface area contributed by atoms with Gasteiger partial charge in [0.15, 0.2) is 0 Å². The third-order valence-corrected chi connectivity index (χ3v) is 4.71. The number of carbonyl (C=O) groups is 5. The van der Waals surface area contributed by atoms with E-state index in [0.717, 1.165) is 0 Å². The standard InChI is InChI=1S/C17H30N4O7S2/c1-8(2)5-11(16(26)21-12(7-30)17(27)28)20-15(25)10(3-4-13(22)23)19-14(24)9(18)6-29/h8-12,29-30H,3-7,18H2,1-2H3,(H,19,24)(H,20,25)(H,21,26)(H,22,23)(H,27,28)/t9-,10+,11+,12-/m1/s1. The van der Waals surface area contributed by atoms with E-state index >= 15 is 0 Å². The Labute approximate surface area is 185 Å². The van der Waals surface area contributed by atoms with Gasteiger partial charge in [-0.05, 0) is 18.8 Å². The lowest BCUT2D eigenvalue weighted by Gasteiger charge is -2.25. The van der Waals surface area contributed by atoms with Gasteiger partial charge in [-0.25, -0.2) is 4.79 Å². The van der Waals surface area contributed by atoms with Gasteiger partial charge in [0.2, 0.25) is 17.7 Å². The molecule has 0 aliphatic heterocycles. The Morgan fingerprint density at radius 3 is 1.77 bits per heavy atom. The summed E-state index contributed by atoms with van der Waals surface area (Å²) in [5.41, 5.74) is 5.57. The van der Waals surface area contributed by atoms with Crippen LogP contribution in [0.1, 0.15) is 33.1 Å². The molecule has 0 radical (unpaired) electrons. The fourth-order valence-electron chi connectivity index (χ4n) is 2.33. The third-order valence-electron chi connectivity index (χ3n) is 3.95. The van der Waals surface area contributed by atoms with Crippen LogP contribution in [0.15, 0.2) is 0 Å². The van der Waals surface area contributed by atoms with Crippen molar-refractivity contribution in [3.8, 4) is 0 Å². The van der Waals surface area contributed by atoms with Gasteiger partial charge in [0.25, 0.3) is 0 Å². The molecule has 7 N–H and O–H groups in total. The van der Waals surface area contributed by atoms with Crippen molar-refractivity contribution in [1.82, 2.24) is 16.0 Å². The Kier molecular flexibility index (Phi) is 13.2. The molecule has 0 unspecified atom stereocenters. The molecule has 0 bridgehead atoms. The van der Waals surface area contributed by atoms with Crippen LogP contribution >= 0.6 is 25.3 Å². The van der Waals surface area contributed by atoms with E-state index in [1.807, 2.05) is 0 Å². The van der Waals surface area contributed by atoms with Gasteiger partial charge in [0.05, 0.1) is 6.04 Å². The first-order valence-corrected chi connectivity index (χ1v) is 10.5. The van der Waals surface area contributed by atoms with Gasteiger partial charge in [-0.2, -0.15) is 25.3 Å². The molecule has 0 spiro atoms. The van der Waals surface area contributed by atoms with E-state index in [9.17, 15) is 24.0 Å². The summed E-state index contributed by atoms with van der Waals surface area (Å²) in [7, 11) is 0. The molecule has 0 aromatic rings. The predicted octanol–water partition coefficient (Wildman–Crippen LogP) is -1.38. The molecular formula is C17H30N4O7S2. The molecule has 0 fully saturated rings. The predicted molar refractivity (Wildman–Crippen MR) is 115 cm³/mol. The molecule has 3 amide bonds. The zero-order valence-electron chi connectivity index (χ0n) is 16.8. The first kappa shape index (κ1) is 28.0. The Morgan fingerprint density at radius 2 is 1.33 bits per heavy atom. The maximum Gasteiger partial charge on any atom is 0.327 e. The first-order valence-electron chi connectivity index (χ1n) is 9.25. The number of hydrogen-bond acceptors (Lipinski definition) is 8. The number of aliphatic carboxylic acids is 2. The van der Waals surface area contributed by atoms with Crippen molar-refractivity contribution in [2.24, 2.45) is 11.7 Å². The lowest BCUT2D eigenvalue weighted by Crippen LogP contribution is -2.57. The van der Waals surface area contributed by atoms with Crippen molar-refractivity contribution in [1.29, 1.82) is 0 Å². The number of thiol groups is 2. The third kappa shape index (κ3) is 10.7. The Balaban J connectivity index is 5.42. The summed E-state index contributed by atoms with van der Waals surface area (Å²) in [4.78, 5) is 59.3. The molecule has 4 atom stereocenters. The highest BCUT2D eigenvalue weighted by Crippen LogP contribution is 2.08. The van der Waals surface area contributed by atoms with E-state index in [1.54, 1.807) is 13.8 Å². The van der Waals surface area contributed by atoms with Crippen LogP contribution in [-0.2, 0) is 24.0 Å². The van der Waals surface area contributed by atoms with Crippen LogP contribution in [0, 0.1) is 5.92 Å². The smallest absolute Gasteiger partial charge is 0.327 e. The molecule has 0 heterocycles. The van der Waals surface area contributed by atoms with Crippen LogP contribution < -0.4 is 21.7 Å². The largest absolute Gasteiger partial charge is 0.481 e. The highest BCUT2D eigenvalue weighted by atomic mass is 32.1. The van der Waals surface area contributed by atoms with Crippen molar-refractivity contribution in [3.05, 3.63) is 0 Å². The Bertz CT molecular complexity index is 633. The second-order valence-corrected chi connectivity index (χ2v) is 7.79. The van der Waals surface area contributed by atoms with Gasteiger partial charge < -0.3 is 31.9 Å². The Morgan fingerprint density at radius 1 is 0.833 bits per heavy atom. The number of nitrogens with one attached hydrogen (secondary N) is 3. The Hall–Kier alpha value is -1.99. The summed E-state index contributed by atoms with van der Waals surface area (Å²) >= 11 is 7.78. The maximum atomic E-state index is 12.7. The van der Waals surface area contributed by atoms with E-state index in [4.69, 9.17) is 15.9 Å². The molecule has 0 rings (SSSR count). The molecule has 0 aromatic heterocycles. The highest BCUT2D eigenvalue weighted by molar-refractivity contribution is 7.80. The summed E-state index contributed by atoms with van der Waals surface area (Å²) in [6, 6.07) is -4.60. The monoisotopic (exact) mass is 466 g/mol. The molecule has 11 nitrogen and oxygen atoms in total. The lowest BCUT2D eigenvalue weighted by atomic mass is 10.0. The van der Waals surface area contributed by atoms with Crippen LogP contribution in [0.3, 0.4) is 0 Å². The minimum atomic E-state index is -1.28. The summed E-state index contributed by atoms with van der Waals surface area (Å²) in [6.45, 7) is 3.60. The van der Waals surface area contributed by atoms with Crippen LogP contribution in [0.5, 0.6) is 0 Å². The van der Waals surface area contributed by atoms with E-state index in [0.29, 0.717) is 0 Å². The van der Waals surface area contributed by atoms with Gasteiger partial charge in [-0.15, -0.1) is 0 Å². The molecule has 0 aliphatic rings. The summed E-state index contributed by atoms with van der Waals surface area (Å²) < 4.78 is 0. The van der Waals surface area contributed by atoms with Gasteiger partial charge in [-0.3, -0.25) is 19.2 Å². The normalized spacial score (nSPS) is 14.9. The molecule has 172 valence electrons. The zero-order chi connectivity index (χ0) is 23.4. The lowest BCUT2D eigenvalue weighted by molar-refractivity contribution is -0.141. The number of rotatable bonds is 14. The average Bonchev–Trinajstić information content (AvgIpc) is 2.66. The van der Waals surface area contributed by atoms with Crippen molar-refractivity contribution < 1.29 is 34.2 Å². The van der Waals surface area contributed by atoms with Crippen molar-refractivity contribution in [3.63, 3.8) is 0 Å². The van der Waals surface area contributed by atoms with Crippen molar-refractivity contribution in [2.45, 2.75) is 57.3 Å². The van der Waals surface area contributed by atoms with Gasteiger partial charge in [0, 0.05) is 17.9 Å². The topological polar surface area (TPSA) is 188 Å². The maximum absolute atomic E-state index is 12.7. The van der Waals surface area contributed by atoms with Crippen LogP contribution in [-0.4, -0.2) is 75.5 Å². The summed E-state index contributed by atoms with van der Waals surface area (Å²) in [6.07, 6.45) is -0.445. The van der Waals surface area contributed by atoms with Gasteiger partial charge >= 0.3 is 11.9 Å². The zero-order valence-corrected chi connectivity index (χ0v) is 18.6. The second-order valence-electron chi connectivity index (χ2n) is 7.06. The number of carboxylic acid groups (broad SMARTS) is 2. The van der Waals surface area contributed by atoms with Gasteiger partial charge in [-0.1, -0.05) is 13.8 Å². The molecular weight excluding hydrogens is 436 g/mol. The molecule has 0 saturated carbocycles. The van der Waals surface area contributed by atoms with Crippen LogP contribution in [0.4, 0.5) is 0 Å². The van der Waals surface area contributed by atoms with E-state index in [2.05, 4.69) is 41.2 Å². The van der Waals surface area contributed by atoms with Crippen molar-refractivity contribution >= 4 is 54.9 Å². The van der Waals surface area contributed by atoms with Crippen LogP contribution in [0.25, 0.3) is 0 Å². The van der Waals surface area contributed by atoms with Crippen molar-refractivity contribution in [2.75, 3.05) is 11.5 Å². The number of nitrogens with two attached hydrogens (primary N) is 1. The molecule has 0 aromatic carbocycles. The van der Waals surface area contributed by atoms with E-state index < -0.39 is 60.2 Å².